The minimum Gasteiger partial charge on any atom is -0.483 e. The Hall–Kier alpha value is -3.16. The molecule has 4 rings (SSSR count). The molecule has 0 aromatic heterocycles. The Bertz CT molecular complexity index is 1410. The molecule has 4 aromatic carbocycles. The molecule has 202 valence electrons. The van der Waals surface area contributed by atoms with Crippen LogP contribution in [0.3, 0.4) is 0 Å². The van der Waals surface area contributed by atoms with E-state index in [0.717, 1.165) is 43.7 Å². The van der Waals surface area contributed by atoms with Gasteiger partial charge < -0.3 is 15.0 Å². The number of nitrogens with one attached hydrogen (secondary N) is 1. The van der Waals surface area contributed by atoms with Gasteiger partial charge in [0.2, 0.25) is 5.91 Å². The maximum absolute atomic E-state index is 13.8. The van der Waals surface area contributed by atoms with Crippen molar-refractivity contribution in [3.8, 4) is 5.75 Å². The molecule has 0 spiro atoms. The Labute approximate surface area is 246 Å². The highest BCUT2D eigenvalue weighted by Gasteiger charge is 2.30. The van der Waals surface area contributed by atoms with Gasteiger partial charge in [0.15, 0.2) is 6.61 Å². The molecule has 5 nitrogen and oxygen atoms in total. The van der Waals surface area contributed by atoms with Gasteiger partial charge in [0.1, 0.15) is 11.8 Å². The van der Waals surface area contributed by atoms with Crippen molar-refractivity contribution in [2.24, 2.45) is 0 Å². The molecule has 39 heavy (non-hydrogen) atoms. The van der Waals surface area contributed by atoms with E-state index in [0.29, 0.717) is 18.7 Å². The zero-order chi connectivity index (χ0) is 27.6. The number of amides is 2. The summed E-state index contributed by atoms with van der Waals surface area (Å²) in [6, 6.07) is 28.7. The van der Waals surface area contributed by atoms with Gasteiger partial charge in [-0.25, -0.2) is 0 Å². The van der Waals surface area contributed by atoms with Gasteiger partial charge >= 0.3 is 0 Å². The van der Waals surface area contributed by atoms with E-state index < -0.39 is 6.04 Å². The minimum atomic E-state index is -0.695. The Kier molecular flexibility index (Phi) is 10.6. The number of hydrogen-bond acceptors (Lipinski definition) is 3. The second kappa shape index (κ2) is 14.3. The lowest BCUT2D eigenvalue weighted by atomic mass is 10.0. The molecule has 0 aliphatic carbocycles. The third kappa shape index (κ3) is 7.93. The molecule has 0 aliphatic rings. The van der Waals surface area contributed by atoms with E-state index >= 15 is 0 Å². The SMILES string of the molecule is CCCCNC(=O)[C@@H](Cc1ccccc1)N(Cc1cccc(Br)c1)C(=O)COc1ccc2ccccc2c1Br. The fourth-order valence-electron chi connectivity index (χ4n) is 4.44. The molecular weight excluding hydrogens is 620 g/mol. The second-order valence-electron chi connectivity index (χ2n) is 9.39. The topological polar surface area (TPSA) is 58.6 Å². The number of nitrogens with zero attached hydrogens (tertiary/aromatic N) is 1. The first-order valence-electron chi connectivity index (χ1n) is 13.1. The van der Waals surface area contributed by atoms with Gasteiger partial charge in [-0.2, -0.15) is 0 Å². The molecule has 2 amide bonds. The van der Waals surface area contributed by atoms with Gasteiger partial charge in [-0.15, -0.1) is 0 Å². The standard InChI is InChI=1S/C32H32Br2N2O3/c1-2-3-18-35-32(38)28(20-23-10-5-4-6-11-23)36(21-24-12-9-14-26(33)19-24)30(37)22-39-29-17-16-25-13-7-8-15-27(25)31(29)34/h4-17,19,28H,2-3,18,20-22H2,1H3,(H,35,38)/t28-/m1/s1. The van der Waals surface area contributed by atoms with E-state index in [9.17, 15) is 9.59 Å². The summed E-state index contributed by atoms with van der Waals surface area (Å²) in [5.41, 5.74) is 1.91. The number of unbranched alkanes of at least 4 members (excludes halogenated alkanes) is 1. The van der Waals surface area contributed by atoms with Gasteiger partial charge in [0, 0.05) is 24.0 Å². The third-order valence-corrected chi connectivity index (χ3v) is 7.83. The molecule has 7 heteroatoms. The van der Waals surface area contributed by atoms with Gasteiger partial charge in [-0.1, -0.05) is 102 Å². The molecule has 0 fully saturated rings. The molecule has 1 N–H and O–H groups in total. The van der Waals surface area contributed by atoms with Crippen molar-refractivity contribution in [1.29, 1.82) is 0 Å². The van der Waals surface area contributed by atoms with Crippen molar-refractivity contribution >= 4 is 54.4 Å². The quantitative estimate of drug-likeness (QED) is 0.164. The average Bonchev–Trinajstić information content (AvgIpc) is 2.95. The zero-order valence-electron chi connectivity index (χ0n) is 21.9. The van der Waals surface area contributed by atoms with E-state index in [1.54, 1.807) is 4.90 Å². The van der Waals surface area contributed by atoms with Crippen LogP contribution in [0.1, 0.15) is 30.9 Å². The lowest BCUT2D eigenvalue weighted by molar-refractivity contribution is -0.142. The molecule has 0 saturated heterocycles. The van der Waals surface area contributed by atoms with Crippen LogP contribution in [0.2, 0.25) is 0 Å². The minimum absolute atomic E-state index is 0.164. The first-order valence-corrected chi connectivity index (χ1v) is 14.7. The number of ether oxygens (including phenoxy) is 1. The molecule has 0 aliphatic heterocycles. The van der Waals surface area contributed by atoms with E-state index in [4.69, 9.17) is 4.74 Å². The van der Waals surface area contributed by atoms with Crippen LogP contribution in [0.15, 0.2) is 99.9 Å². The third-order valence-electron chi connectivity index (χ3n) is 6.52. The van der Waals surface area contributed by atoms with Crippen molar-refractivity contribution in [3.05, 3.63) is 111 Å². The number of hydrogen-bond donors (Lipinski definition) is 1. The van der Waals surface area contributed by atoms with Crippen molar-refractivity contribution < 1.29 is 14.3 Å². The smallest absolute Gasteiger partial charge is 0.261 e. The highest BCUT2D eigenvalue weighted by atomic mass is 79.9. The average molecular weight is 652 g/mol. The molecule has 0 heterocycles. The van der Waals surface area contributed by atoms with E-state index in [1.165, 1.54) is 0 Å². The maximum Gasteiger partial charge on any atom is 0.261 e. The molecule has 1 atom stereocenters. The summed E-state index contributed by atoms with van der Waals surface area (Å²) in [6.45, 7) is 2.73. The summed E-state index contributed by atoms with van der Waals surface area (Å²) >= 11 is 7.17. The zero-order valence-corrected chi connectivity index (χ0v) is 25.1. The van der Waals surface area contributed by atoms with E-state index in [2.05, 4.69) is 44.1 Å². The lowest BCUT2D eigenvalue weighted by Crippen LogP contribution is -2.51. The Morgan fingerprint density at radius 1 is 0.897 bits per heavy atom. The van der Waals surface area contributed by atoms with Crippen LogP contribution >= 0.6 is 31.9 Å². The van der Waals surface area contributed by atoms with Crippen molar-refractivity contribution in [1.82, 2.24) is 10.2 Å². The van der Waals surface area contributed by atoms with Crippen LogP contribution in [0.4, 0.5) is 0 Å². The molecule has 0 saturated carbocycles. The molecule has 4 aromatic rings. The first-order chi connectivity index (χ1) is 19.0. The van der Waals surface area contributed by atoms with Gasteiger partial charge in [0.05, 0.1) is 4.47 Å². The maximum atomic E-state index is 13.8. The van der Waals surface area contributed by atoms with Crippen LogP contribution in [0.5, 0.6) is 5.75 Å². The number of halogens is 2. The van der Waals surface area contributed by atoms with Crippen LogP contribution in [0.25, 0.3) is 10.8 Å². The van der Waals surface area contributed by atoms with Crippen LogP contribution < -0.4 is 10.1 Å². The highest BCUT2D eigenvalue weighted by Crippen LogP contribution is 2.33. The summed E-state index contributed by atoms with van der Waals surface area (Å²) in [4.78, 5) is 29.0. The van der Waals surface area contributed by atoms with Crippen molar-refractivity contribution in [3.63, 3.8) is 0 Å². The Balaban J connectivity index is 1.62. The number of carbonyl (C=O) groups is 2. The van der Waals surface area contributed by atoms with Crippen LogP contribution in [0, 0.1) is 0 Å². The fraction of sp³-hybridized carbons (Fsp3) is 0.250. The normalized spacial score (nSPS) is 11.7. The molecule has 0 radical (unpaired) electrons. The van der Waals surface area contributed by atoms with E-state index in [-0.39, 0.29) is 25.0 Å². The highest BCUT2D eigenvalue weighted by molar-refractivity contribution is 9.11. The van der Waals surface area contributed by atoms with Crippen LogP contribution in [-0.4, -0.2) is 35.9 Å². The summed E-state index contributed by atoms with van der Waals surface area (Å²) < 4.78 is 7.76. The van der Waals surface area contributed by atoms with Crippen LogP contribution in [-0.2, 0) is 22.6 Å². The van der Waals surface area contributed by atoms with Gasteiger partial charge in [-0.05, 0) is 62.4 Å². The summed E-state index contributed by atoms with van der Waals surface area (Å²) in [6.07, 6.45) is 2.25. The number of fused-ring (bicyclic) bond motifs is 1. The fourth-order valence-corrected chi connectivity index (χ4v) is 5.49. The number of rotatable bonds is 12. The molecule has 0 bridgehead atoms. The second-order valence-corrected chi connectivity index (χ2v) is 11.1. The van der Waals surface area contributed by atoms with Gasteiger partial charge in [0.25, 0.3) is 5.91 Å². The largest absolute Gasteiger partial charge is 0.483 e. The predicted molar refractivity (Wildman–Crippen MR) is 164 cm³/mol. The van der Waals surface area contributed by atoms with Crippen molar-refractivity contribution in [2.75, 3.05) is 13.2 Å². The molecular formula is C32H32Br2N2O3. The number of carbonyl (C=O) groups excluding carboxylic acids is 2. The Morgan fingerprint density at radius 2 is 1.64 bits per heavy atom. The van der Waals surface area contributed by atoms with Gasteiger partial charge in [-0.3, -0.25) is 9.59 Å². The first kappa shape index (κ1) is 28.8. The summed E-state index contributed by atoms with van der Waals surface area (Å²) in [5.74, 6) is 0.153. The predicted octanol–water partition coefficient (Wildman–Crippen LogP) is 7.30. The summed E-state index contributed by atoms with van der Waals surface area (Å²) in [7, 11) is 0. The monoisotopic (exact) mass is 650 g/mol. The summed E-state index contributed by atoms with van der Waals surface area (Å²) in [5, 5.41) is 5.13. The Morgan fingerprint density at radius 3 is 2.41 bits per heavy atom. The number of benzene rings is 4. The van der Waals surface area contributed by atoms with E-state index in [1.807, 2.05) is 91.0 Å². The molecule has 0 unspecified atom stereocenters. The lowest BCUT2D eigenvalue weighted by Gasteiger charge is -2.31. The van der Waals surface area contributed by atoms with Crippen molar-refractivity contribution in [2.45, 2.75) is 38.8 Å².